The summed E-state index contributed by atoms with van der Waals surface area (Å²) >= 11 is 1.68. The zero-order valence-corrected chi connectivity index (χ0v) is 15.1. The Balaban J connectivity index is 1.77. The van der Waals surface area contributed by atoms with Crippen molar-refractivity contribution in [2.24, 2.45) is 0 Å². The predicted molar refractivity (Wildman–Crippen MR) is 98.5 cm³/mol. The molecule has 7 heteroatoms. The molecule has 1 fully saturated rings. The third kappa shape index (κ3) is 3.67. The van der Waals surface area contributed by atoms with Crippen LogP contribution in [0.4, 0.5) is 0 Å². The van der Waals surface area contributed by atoms with E-state index >= 15 is 0 Å². The minimum absolute atomic E-state index is 0.0272. The van der Waals surface area contributed by atoms with Crippen LogP contribution in [0.1, 0.15) is 40.7 Å². The van der Waals surface area contributed by atoms with Crippen LogP contribution < -0.4 is 5.32 Å². The Morgan fingerprint density at radius 1 is 1.08 bits per heavy atom. The van der Waals surface area contributed by atoms with Crippen LogP contribution in [0.15, 0.2) is 40.8 Å². The van der Waals surface area contributed by atoms with Gasteiger partial charge in [0.05, 0.1) is 0 Å². The maximum Gasteiger partial charge on any atom is 0.329 e. The van der Waals surface area contributed by atoms with Gasteiger partial charge in [-0.25, -0.2) is 4.79 Å². The zero-order chi connectivity index (χ0) is 18.7. The first-order valence-corrected chi connectivity index (χ1v) is 9.42. The molecule has 2 aromatic rings. The van der Waals surface area contributed by atoms with E-state index in [1.807, 2.05) is 0 Å². The third-order valence-corrected chi connectivity index (χ3v) is 5.50. The standard InChI is InChI=1S/C19H19NO5S/c1-12(21)13-2-4-14(5-3-13)15-6-7-16(25-15)17(22)20-19(18(23)24)8-10-26-11-9-19/h2-7H,8-11H2,1H3,(H,20,22)(H,23,24). The van der Waals surface area contributed by atoms with Gasteiger partial charge in [-0.2, -0.15) is 11.8 Å². The summed E-state index contributed by atoms with van der Waals surface area (Å²) in [6.45, 7) is 1.49. The Morgan fingerprint density at radius 3 is 2.31 bits per heavy atom. The number of ketones is 1. The molecule has 26 heavy (non-hydrogen) atoms. The summed E-state index contributed by atoms with van der Waals surface area (Å²) in [6, 6.07) is 10.1. The van der Waals surface area contributed by atoms with Crippen molar-refractivity contribution in [2.45, 2.75) is 25.3 Å². The van der Waals surface area contributed by atoms with Gasteiger partial charge in [0.2, 0.25) is 0 Å². The highest BCUT2D eigenvalue weighted by Gasteiger charge is 2.41. The summed E-state index contributed by atoms with van der Waals surface area (Å²) in [5, 5.41) is 12.2. The van der Waals surface area contributed by atoms with Gasteiger partial charge in [0.1, 0.15) is 11.3 Å². The lowest BCUT2D eigenvalue weighted by Gasteiger charge is -2.33. The summed E-state index contributed by atoms with van der Waals surface area (Å²) in [6.07, 6.45) is 0.775. The molecule has 1 aliphatic rings. The van der Waals surface area contributed by atoms with Crippen molar-refractivity contribution < 1.29 is 23.9 Å². The second kappa shape index (κ2) is 7.37. The van der Waals surface area contributed by atoms with E-state index in [0.717, 1.165) is 5.56 Å². The molecular weight excluding hydrogens is 354 g/mol. The molecule has 136 valence electrons. The molecule has 2 N–H and O–H groups in total. The van der Waals surface area contributed by atoms with Crippen LogP contribution in [0.3, 0.4) is 0 Å². The molecule has 1 aromatic carbocycles. The average Bonchev–Trinajstić information content (AvgIpc) is 3.13. The normalized spacial score (nSPS) is 16.0. The third-order valence-electron chi connectivity index (χ3n) is 4.51. The van der Waals surface area contributed by atoms with Crippen molar-refractivity contribution in [2.75, 3.05) is 11.5 Å². The first-order chi connectivity index (χ1) is 12.4. The topological polar surface area (TPSA) is 96.6 Å². The summed E-state index contributed by atoms with van der Waals surface area (Å²) in [5.74, 6) is 0.351. The highest BCUT2D eigenvalue weighted by atomic mass is 32.2. The number of hydrogen-bond donors (Lipinski definition) is 2. The molecule has 1 aromatic heterocycles. The number of carbonyl (C=O) groups is 3. The first kappa shape index (κ1) is 18.3. The number of carbonyl (C=O) groups excluding carboxylic acids is 2. The van der Waals surface area contributed by atoms with Gasteiger partial charge < -0.3 is 14.8 Å². The lowest BCUT2D eigenvalue weighted by Crippen LogP contribution is -2.56. The second-order valence-electron chi connectivity index (χ2n) is 6.25. The van der Waals surface area contributed by atoms with Crippen LogP contribution in [-0.2, 0) is 4.79 Å². The monoisotopic (exact) mass is 373 g/mol. The summed E-state index contributed by atoms with van der Waals surface area (Å²) in [7, 11) is 0. The van der Waals surface area contributed by atoms with E-state index in [-0.39, 0.29) is 11.5 Å². The smallest absolute Gasteiger partial charge is 0.329 e. The molecule has 0 atom stereocenters. The summed E-state index contributed by atoms with van der Waals surface area (Å²) in [5.41, 5.74) is 0.0891. The van der Waals surface area contributed by atoms with Crippen molar-refractivity contribution in [1.82, 2.24) is 5.32 Å². The van der Waals surface area contributed by atoms with Crippen LogP contribution in [0.5, 0.6) is 0 Å². The number of thioether (sulfide) groups is 1. The average molecular weight is 373 g/mol. The number of amides is 1. The van der Waals surface area contributed by atoms with E-state index in [1.54, 1.807) is 42.1 Å². The van der Waals surface area contributed by atoms with Crippen LogP contribution in [-0.4, -0.2) is 39.8 Å². The van der Waals surface area contributed by atoms with Crippen LogP contribution in [0, 0.1) is 0 Å². The molecule has 2 heterocycles. The number of benzene rings is 1. The van der Waals surface area contributed by atoms with Gasteiger partial charge in [-0.1, -0.05) is 24.3 Å². The SMILES string of the molecule is CC(=O)c1ccc(-c2ccc(C(=O)NC3(C(=O)O)CCSCC3)o2)cc1. The molecular formula is C19H19NO5S. The fourth-order valence-electron chi connectivity index (χ4n) is 2.88. The van der Waals surface area contributed by atoms with Crippen LogP contribution >= 0.6 is 11.8 Å². The quantitative estimate of drug-likeness (QED) is 0.781. The minimum Gasteiger partial charge on any atom is -0.480 e. The highest BCUT2D eigenvalue weighted by Crippen LogP contribution is 2.29. The van der Waals surface area contributed by atoms with E-state index in [9.17, 15) is 19.5 Å². The Bertz CT molecular complexity index is 834. The highest BCUT2D eigenvalue weighted by molar-refractivity contribution is 7.99. The number of nitrogens with one attached hydrogen (secondary N) is 1. The molecule has 0 bridgehead atoms. The van der Waals surface area contributed by atoms with Crippen molar-refractivity contribution in [3.63, 3.8) is 0 Å². The number of carboxylic acid groups (broad SMARTS) is 1. The lowest BCUT2D eigenvalue weighted by atomic mass is 9.92. The van der Waals surface area contributed by atoms with Gasteiger partial charge in [-0.15, -0.1) is 0 Å². The Morgan fingerprint density at radius 2 is 1.73 bits per heavy atom. The Hall–Kier alpha value is -2.54. The molecule has 0 aliphatic carbocycles. The fourth-order valence-corrected chi connectivity index (χ4v) is 4.07. The van der Waals surface area contributed by atoms with Gasteiger partial charge >= 0.3 is 5.97 Å². The van der Waals surface area contributed by atoms with Gasteiger partial charge in [0, 0.05) is 11.1 Å². The fraction of sp³-hybridized carbons (Fsp3) is 0.316. The van der Waals surface area contributed by atoms with Gasteiger partial charge in [-0.3, -0.25) is 9.59 Å². The number of rotatable bonds is 5. The van der Waals surface area contributed by atoms with Crippen LogP contribution in [0.2, 0.25) is 0 Å². The van der Waals surface area contributed by atoms with Crippen molar-refractivity contribution in [3.05, 3.63) is 47.7 Å². The van der Waals surface area contributed by atoms with E-state index in [0.29, 0.717) is 35.7 Å². The minimum atomic E-state index is -1.24. The molecule has 1 amide bonds. The van der Waals surface area contributed by atoms with Gasteiger partial charge in [0.25, 0.3) is 5.91 Å². The van der Waals surface area contributed by atoms with E-state index in [2.05, 4.69) is 5.32 Å². The molecule has 0 saturated carbocycles. The molecule has 0 spiro atoms. The van der Waals surface area contributed by atoms with Crippen molar-refractivity contribution >= 4 is 29.4 Å². The van der Waals surface area contributed by atoms with Crippen LogP contribution in [0.25, 0.3) is 11.3 Å². The Labute approximate surface area is 155 Å². The number of hydrogen-bond acceptors (Lipinski definition) is 5. The molecule has 0 unspecified atom stereocenters. The number of carboxylic acids is 1. The summed E-state index contributed by atoms with van der Waals surface area (Å²) < 4.78 is 5.60. The molecule has 3 rings (SSSR count). The number of aliphatic carboxylic acids is 1. The number of furan rings is 1. The molecule has 0 radical (unpaired) electrons. The Kier molecular flexibility index (Phi) is 5.18. The van der Waals surface area contributed by atoms with Crippen molar-refractivity contribution in [1.29, 1.82) is 0 Å². The van der Waals surface area contributed by atoms with Gasteiger partial charge in [-0.05, 0) is 43.4 Å². The molecule has 6 nitrogen and oxygen atoms in total. The van der Waals surface area contributed by atoms with Crippen molar-refractivity contribution in [3.8, 4) is 11.3 Å². The first-order valence-electron chi connectivity index (χ1n) is 8.26. The van der Waals surface area contributed by atoms with E-state index in [4.69, 9.17) is 4.42 Å². The predicted octanol–water partition coefficient (Wildman–Crippen LogP) is 3.23. The van der Waals surface area contributed by atoms with Gasteiger partial charge in [0.15, 0.2) is 11.5 Å². The lowest BCUT2D eigenvalue weighted by molar-refractivity contribution is -0.144. The largest absolute Gasteiger partial charge is 0.480 e. The summed E-state index contributed by atoms with van der Waals surface area (Å²) in [4.78, 5) is 35.5. The maximum atomic E-state index is 12.5. The molecule has 1 aliphatic heterocycles. The van der Waals surface area contributed by atoms with E-state index < -0.39 is 17.4 Å². The zero-order valence-electron chi connectivity index (χ0n) is 14.3. The number of Topliss-reactive ketones (excluding diaryl/α,β-unsaturated/α-hetero) is 1. The molecule has 1 saturated heterocycles. The van der Waals surface area contributed by atoms with E-state index in [1.165, 1.54) is 13.0 Å². The second-order valence-corrected chi connectivity index (χ2v) is 7.48. The maximum absolute atomic E-state index is 12.5.